The number of H-pyrrole nitrogens is 1. The van der Waals surface area contributed by atoms with Gasteiger partial charge in [0.2, 0.25) is 0 Å². The first-order valence-electron chi connectivity index (χ1n) is 6.83. The zero-order chi connectivity index (χ0) is 15.1. The highest BCUT2D eigenvalue weighted by atomic mass is 79.9. The number of nitrogens with zero attached hydrogens (tertiary/aromatic N) is 2. The number of nitrogens with one attached hydrogen (secondary N) is 1. The number of hydrogen-bond donors (Lipinski definition) is 1. The molecule has 0 fully saturated rings. The van der Waals surface area contributed by atoms with E-state index in [0.29, 0.717) is 12.2 Å². The Morgan fingerprint density at radius 3 is 2.81 bits per heavy atom. The zero-order valence-electron chi connectivity index (χ0n) is 11.8. The summed E-state index contributed by atoms with van der Waals surface area (Å²) >= 11 is 6.97. The van der Waals surface area contributed by atoms with Gasteiger partial charge in [0.1, 0.15) is 0 Å². The largest absolute Gasteiger partial charge is 0.306 e. The highest BCUT2D eigenvalue weighted by Crippen LogP contribution is 2.33. The second-order valence-electron chi connectivity index (χ2n) is 5.43. The fourth-order valence-electron chi connectivity index (χ4n) is 2.58. The van der Waals surface area contributed by atoms with Gasteiger partial charge in [0.05, 0.1) is 10.2 Å². The Morgan fingerprint density at radius 2 is 2.14 bits per heavy atom. The van der Waals surface area contributed by atoms with E-state index in [1.807, 2.05) is 12.1 Å². The van der Waals surface area contributed by atoms with Gasteiger partial charge in [-0.15, -0.1) is 0 Å². The van der Waals surface area contributed by atoms with Crippen molar-refractivity contribution in [3.05, 3.63) is 44.1 Å². The molecule has 21 heavy (non-hydrogen) atoms. The van der Waals surface area contributed by atoms with Crippen LogP contribution in [0.5, 0.6) is 0 Å². The molecule has 3 rings (SSSR count). The van der Waals surface area contributed by atoms with Crippen LogP contribution in [0.15, 0.2) is 27.1 Å². The number of carbonyl (C=O) groups is 1. The molecule has 0 spiro atoms. The summed E-state index contributed by atoms with van der Waals surface area (Å²) in [7, 11) is 0. The van der Waals surface area contributed by atoms with Crippen molar-refractivity contribution in [2.45, 2.75) is 26.2 Å². The number of aromatic amines is 1. The van der Waals surface area contributed by atoms with Gasteiger partial charge in [-0.25, -0.2) is 0 Å². The molecule has 2 aromatic rings. The van der Waals surface area contributed by atoms with Crippen molar-refractivity contribution in [1.29, 1.82) is 0 Å². The molecular weight excluding hydrogens is 398 g/mol. The Morgan fingerprint density at radius 1 is 1.38 bits per heavy atom. The van der Waals surface area contributed by atoms with Gasteiger partial charge in [-0.2, -0.15) is 5.10 Å². The molecule has 0 saturated heterocycles. The second kappa shape index (κ2) is 5.57. The Kier molecular flexibility index (Phi) is 3.92. The standard InChI is InChI=1S/C15H15Br2N3O/c1-8(2)13-12(17)14(19-18-13)15(21)20-6-5-9-7-10(16)3-4-11(9)20/h3-4,7-8H,5-6H2,1-2H3,(H,18,19). The summed E-state index contributed by atoms with van der Waals surface area (Å²) in [5.74, 6) is 0.223. The number of halogens is 2. The molecule has 0 aliphatic carbocycles. The monoisotopic (exact) mass is 411 g/mol. The van der Waals surface area contributed by atoms with Crippen molar-refractivity contribution in [2.75, 3.05) is 11.4 Å². The van der Waals surface area contributed by atoms with Crippen LogP contribution in [0.4, 0.5) is 5.69 Å². The van der Waals surface area contributed by atoms with Crippen molar-refractivity contribution in [3.8, 4) is 0 Å². The molecular formula is C15H15Br2N3O. The van der Waals surface area contributed by atoms with E-state index in [-0.39, 0.29) is 11.8 Å². The third-order valence-electron chi connectivity index (χ3n) is 3.69. The van der Waals surface area contributed by atoms with Gasteiger partial charge in [0, 0.05) is 16.7 Å². The smallest absolute Gasteiger partial charge is 0.279 e. The minimum Gasteiger partial charge on any atom is -0.306 e. The maximum atomic E-state index is 12.8. The van der Waals surface area contributed by atoms with Gasteiger partial charge in [0.15, 0.2) is 5.69 Å². The summed E-state index contributed by atoms with van der Waals surface area (Å²) in [4.78, 5) is 14.6. The molecule has 1 aliphatic heterocycles. The molecule has 0 radical (unpaired) electrons. The van der Waals surface area contributed by atoms with Crippen LogP contribution in [0, 0.1) is 0 Å². The van der Waals surface area contributed by atoms with E-state index < -0.39 is 0 Å². The molecule has 0 saturated carbocycles. The highest BCUT2D eigenvalue weighted by Gasteiger charge is 2.29. The molecule has 1 aromatic heterocycles. The SMILES string of the molecule is CC(C)c1[nH]nc(C(=O)N2CCc3cc(Br)ccc32)c1Br. The molecule has 4 nitrogen and oxygen atoms in total. The Hall–Kier alpha value is -1.14. The van der Waals surface area contributed by atoms with E-state index in [9.17, 15) is 4.79 Å². The lowest BCUT2D eigenvalue weighted by Gasteiger charge is -2.16. The summed E-state index contributed by atoms with van der Waals surface area (Å²) < 4.78 is 1.81. The summed E-state index contributed by atoms with van der Waals surface area (Å²) in [6.07, 6.45) is 0.875. The minimum absolute atomic E-state index is 0.0638. The van der Waals surface area contributed by atoms with Crippen molar-refractivity contribution < 1.29 is 4.79 Å². The third-order valence-corrected chi connectivity index (χ3v) is 4.99. The lowest BCUT2D eigenvalue weighted by molar-refractivity contribution is 0.0984. The molecule has 0 bridgehead atoms. The zero-order valence-corrected chi connectivity index (χ0v) is 15.0. The van der Waals surface area contributed by atoms with Crippen LogP contribution >= 0.6 is 31.9 Å². The fourth-order valence-corrected chi connectivity index (χ4v) is 3.79. The first-order valence-corrected chi connectivity index (χ1v) is 8.41. The number of benzene rings is 1. The van der Waals surface area contributed by atoms with Crippen molar-refractivity contribution >= 4 is 43.5 Å². The summed E-state index contributed by atoms with van der Waals surface area (Å²) in [5, 5.41) is 7.16. The predicted molar refractivity (Wildman–Crippen MR) is 89.9 cm³/mol. The van der Waals surface area contributed by atoms with Gasteiger partial charge in [-0.1, -0.05) is 29.8 Å². The van der Waals surface area contributed by atoms with Crippen LogP contribution < -0.4 is 4.90 Å². The summed E-state index contributed by atoms with van der Waals surface area (Å²) in [6, 6.07) is 6.01. The topological polar surface area (TPSA) is 49.0 Å². The van der Waals surface area contributed by atoms with Gasteiger partial charge in [-0.3, -0.25) is 9.89 Å². The minimum atomic E-state index is -0.0638. The molecule has 1 amide bonds. The third kappa shape index (κ3) is 2.55. The van der Waals surface area contributed by atoms with Crippen LogP contribution in [0.1, 0.15) is 41.5 Å². The highest BCUT2D eigenvalue weighted by molar-refractivity contribution is 9.10. The maximum absolute atomic E-state index is 12.8. The fraction of sp³-hybridized carbons (Fsp3) is 0.333. The van der Waals surface area contributed by atoms with Crippen molar-refractivity contribution in [2.24, 2.45) is 0 Å². The molecule has 1 aromatic carbocycles. The Labute approximate surface area is 140 Å². The normalized spacial score (nSPS) is 13.9. The first-order chi connectivity index (χ1) is 9.99. The summed E-state index contributed by atoms with van der Waals surface area (Å²) in [6.45, 7) is 4.82. The van der Waals surface area contributed by atoms with Gasteiger partial charge >= 0.3 is 0 Å². The number of hydrogen-bond acceptors (Lipinski definition) is 2. The predicted octanol–water partition coefficient (Wildman–Crippen LogP) is 4.26. The molecule has 1 N–H and O–H groups in total. The van der Waals surface area contributed by atoms with Crippen molar-refractivity contribution in [1.82, 2.24) is 10.2 Å². The van der Waals surface area contributed by atoms with Crippen LogP contribution in [-0.4, -0.2) is 22.6 Å². The number of fused-ring (bicyclic) bond motifs is 1. The van der Waals surface area contributed by atoms with E-state index in [2.05, 4.69) is 62.0 Å². The van der Waals surface area contributed by atoms with E-state index in [4.69, 9.17) is 0 Å². The number of aromatic nitrogens is 2. The molecule has 0 unspecified atom stereocenters. The van der Waals surface area contributed by atoms with Crippen LogP contribution in [-0.2, 0) is 6.42 Å². The number of anilines is 1. The average molecular weight is 413 g/mol. The Balaban J connectivity index is 1.95. The van der Waals surface area contributed by atoms with Crippen LogP contribution in [0.25, 0.3) is 0 Å². The van der Waals surface area contributed by atoms with Gasteiger partial charge in [-0.05, 0) is 52.0 Å². The molecule has 2 heterocycles. The quantitative estimate of drug-likeness (QED) is 0.800. The van der Waals surface area contributed by atoms with E-state index in [1.165, 1.54) is 5.56 Å². The van der Waals surface area contributed by atoms with Crippen molar-refractivity contribution in [3.63, 3.8) is 0 Å². The molecule has 0 atom stereocenters. The first kappa shape index (κ1) is 14.8. The van der Waals surface area contributed by atoms with Crippen LogP contribution in [0.3, 0.4) is 0 Å². The number of carbonyl (C=O) groups excluding carboxylic acids is 1. The molecule has 110 valence electrons. The van der Waals surface area contributed by atoms with E-state index >= 15 is 0 Å². The second-order valence-corrected chi connectivity index (χ2v) is 7.14. The lowest BCUT2D eigenvalue weighted by atomic mass is 10.1. The average Bonchev–Trinajstić information content (AvgIpc) is 3.01. The van der Waals surface area contributed by atoms with E-state index in [1.54, 1.807) is 4.90 Å². The summed E-state index contributed by atoms with van der Waals surface area (Å²) in [5.41, 5.74) is 3.57. The maximum Gasteiger partial charge on any atom is 0.279 e. The lowest BCUT2D eigenvalue weighted by Crippen LogP contribution is -2.29. The van der Waals surface area contributed by atoms with Gasteiger partial charge in [0.25, 0.3) is 5.91 Å². The van der Waals surface area contributed by atoms with Gasteiger partial charge < -0.3 is 4.90 Å². The number of rotatable bonds is 2. The molecule has 1 aliphatic rings. The molecule has 6 heteroatoms. The number of amides is 1. The Bertz CT molecular complexity index is 709. The van der Waals surface area contributed by atoms with Crippen LogP contribution in [0.2, 0.25) is 0 Å². The van der Waals surface area contributed by atoms with E-state index in [0.717, 1.165) is 26.7 Å².